The number of carbonyl (C=O) groups is 2. The lowest BCUT2D eigenvalue weighted by Gasteiger charge is -2.05. The van der Waals surface area contributed by atoms with E-state index in [1.807, 2.05) is 0 Å². The van der Waals surface area contributed by atoms with E-state index in [0.717, 1.165) is 32.0 Å². The summed E-state index contributed by atoms with van der Waals surface area (Å²) in [4.78, 5) is 22.1. The highest BCUT2D eigenvalue weighted by molar-refractivity contribution is 5.84. The maximum Gasteiger partial charge on any atom is 0.309 e. The van der Waals surface area contributed by atoms with Crippen LogP contribution >= 0.6 is 0 Å². The van der Waals surface area contributed by atoms with Crippen molar-refractivity contribution in [3.8, 4) is 0 Å². The Morgan fingerprint density at radius 2 is 2.08 bits per heavy atom. The molecule has 3 nitrogen and oxygen atoms in total. The van der Waals surface area contributed by atoms with Crippen molar-refractivity contribution in [1.82, 2.24) is 0 Å². The van der Waals surface area contributed by atoms with E-state index in [4.69, 9.17) is 4.74 Å². The van der Waals surface area contributed by atoms with E-state index in [2.05, 4.69) is 0 Å². The smallest absolute Gasteiger partial charge is 0.309 e. The summed E-state index contributed by atoms with van der Waals surface area (Å²) in [7, 11) is 1.39. The first-order valence-electron chi connectivity index (χ1n) is 4.79. The third-order valence-electron chi connectivity index (χ3n) is 3.67. The Labute approximate surface area is 77.4 Å². The van der Waals surface area contributed by atoms with Crippen molar-refractivity contribution in [2.45, 2.75) is 25.7 Å². The average Bonchev–Trinajstić information content (AvgIpc) is 2.51. The summed E-state index contributed by atoms with van der Waals surface area (Å²) >= 11 is 0. The summed E-state index contributed by atoms with van der Waals surface area (Å²) in [5.74, 6) is -0.376. The van der Waals surface area contributed by atoms with Crippen LogP contribution < -0.4 is 0 Å². The van der Waals surface area contributed by atoms with E-state index < -0.39 is 0 Å². The average molecular weight is 182 g/mol. The Morgan fingerprint density at radius 1 is 1.46 bits per heavy atom. The molecule has 1 spiro atoms. The minimum Gasteiger partial charge on any atom is -0.469 e. The molecule has 2 aliphatic rings. The molecule has 2 rings (SSSR count). The van der Waals surface area contributed by atoms with Gasteiger partial charge >= 0.3 is 5.97 Å². The van der Waals surface area contributed by atoms with Crippen molar-refractivity contribution in [3.63, 3.8) is 0 Å². The first kappa shape index (κ1) is 8.73. The fraction of sp³-hybridized carbons (Fsp3) is 0.800. The molecule has 72 valence electrons. The summed E-state index contributed by atoms with van der Waals surface area (Å²) in [6.07, 6.45) is 5.29. The molecular weight excluding hydrogens is 168 g/mol. The van der Waals surface area contributed by atoms with E-state index in [-0.39, 0.29) is 23.2 Å². The molecule has 2 atom stereocenters. The van der Waals surface area contributed by atoms with Crippen molar-refractivity contribution >= 4 is 12.3 Å². The molecule has 2 aliphatic carbocycles. The second-order valence-electron chi connectivity index (χ2n) is 4.10. The number of methoxy groups -OCH3 is 1. The number of ether oxygens (including phenoxy) is 1. The Balaban J connectivity index is 2.13. The molecule has 0 saturated heterocycles. The first-order valence-corrected chi connectivity index (χ1v) is 4.79. The van der Waals surface area contributed by atoms with Gasteiger partial charge in [0.25, 0.3) is 0 Å². The van der Waals surface area contributed by atoms with Crippen molar-refractivity contribution < 1.29 is 14.3 Å². The summed E-state index contributed by atoms with van der Waals surface area (Å²) in [5, 5.41) is 0. The van der Waals surface area contributed by atoms with Crippen LogP contribution in [0, 0.1) is 17.3 Å². The van der Waals surface area contributed by atoms with Gasteiger partial charge in [0.2, 0.25) is 0 Å². The van der Waals surface area contributed by atoms with Crippen LogP contribution in [0.2, 0.25) is 0 Å². The van der Waals surface area contributed by atoms with Gasteiger partial charge in [-0.2, -0.15) is 0 Å². The minimum atomic E-state index is -0.195. The molecule has 0 aromatic heterocycles. The highest BCUT2D eigenvalue weighted by Crippen LogP contribution is 2.66. The van der Waals surface area contributed by atoms with Crippen molar-refractivity contribution in [1.29, 1.82) is 0 Å². The molecule has 0 radical (unpaired) electrons. The zero-order chi connectivity index (χ0) is 9.47. The molecule has 0 N–H and O–H groups in total. The molecule has 0 aliphatic heterocycles. The summed E-state index contributed by atoms with van der Waals surface area (Å²) < 4.78 is 4.70. The predicted molar refractivity (Wildman–Crippen MR) is 46.0 cm³/mol. The van der Waals surface area contributed by atoms with E-state index in [0.29, 0.717) is 0 Å². The van der Waals surface area contributed by atoms with Gasteiger partial charge in [0, 0.05) is 5.92 Å². The fourth-order valence-electron chi connectivity index (χ4n) is 2.92. The molecule has 0 amide bonds. The van der Waals surface area contributed by atoms with Crippen LogP contribution in [0.5, 0.6) is 0 Å². The lowest BCUT2D eigenvalue weighted by molar-refractivity contribution is -0.143. The molecule has 0 bridgehead atoms. The number of hydrogen-bond acceptors (Lipinski definition) is 3. The number of esters is 1. The Morgan fingerprint density at radius 3 is 2.54 bits per heavy atom. The molecule has 0 heterocycles. The van der Waals surface area contributed by atoms with Gasteiger partial charge in [0.05, 0.1) is 13.0 Å². The third-order valence-corrected chi connectivity index (χ3v) is 3.67. The normalized spacial score (nSPS) is 34.5. The molecule has 2 fully saturated rings. The van der Waals surface area contributed by atoms with E-state index >= 15 is 0 Å². The van der Waals surface area contributed by atoms with Gasteiger partial charge in [-0.1, -0.05) is 12.8 Å². The van der Waals surface area contributed by atoms with Gasteiger partial charge in [-0.25, -0.2) is 0 Å². The van der Waals surface area contributed by atoms with Crippen molar-refractivity contribution in [2.24, 2.45) is 17.3 Å². The molecule has 2 unspecified atom stereocenters. The van der Waals surface area contributed by atoms with Gasteiger partial charge in [0.1, 0.15) is 6.29 Å². The quantitative estimate of drug-likeness (QED) is 0.475. The Bertz CT molecular complexity index is 241. The lowest BCUT2D eigenvalue weighted by Crippen LogP contribution is -2.09. The number of hydrogen-bond donors (Lipinski definition) is 0. The summed E-state index contributed by atoms with van der Waals surface area (Å²) in [5.41, 5.74) is 0.00877. The second kappa shape index (κ2) is 2.82. The predicted octanol–water partition coefficient (Wildman–Crippen LogP) is 1.16. The van der Waals surface area contributed by atoms with Gasteiger partial charge in [-0.3, -0.25) is 4.79 Å². The van der Waals surface area contributed by atoms with Crippen LogP contribution in [-0.2, 0) is 14.3 Å². The molecule has 0 aromatic carbocycles. The van der Waals surface area contributed by atoms with Crippen LogP contribution in [0.3, 0.4) is 0 Å². The molecule has 3 heteroatoms. The maximum atomic E-state index is 11.3. The number of carbonyl (C=O) groups excluding carboxylic acids is 2. The zero-order valence-electron chi connectivity index (χ0n) is 7.79. The maximum absolute atomic E-state index is 11.3. The Kier molecular flexibility index (Phi) is 1.90. The van der Waals surface area contributed by atoms with Crippen molar-refractivity contribution in [2.75, 3.05) is 7.11 Å². The van der Waals surface area contributed by atoms with Crippen molar-refractivity contribution in [3.05, 3.63) is 0 Å². The highest BCUT2D eigenvalue weighted by atomic mass is 16.5. The highest BCUT2D eigenvalue weighted by Gasteiger charge is 2.68. The van der Waals surface area contributed by atoms with Crippen LogP contribution in [0.15, 0.2) is 0 Å². The lowest BCUT2D eigenvalue weighted by atomic mass is 10.0. The van der Waals surface area contributed by atoms with E-state index in [1.54, 1.807) is 0 Å². The fourth-order valence-corrected chi connectivity index (χ4v) is 2.92. The van der Waals surface area contributed by atoms with Crippen LogP contribution in [0.1, 0.15) is 25.7 Å². The molecule has 0 aromatic rings. The van der Waals surface area contributed by atoms with Gasteiger partial charge in [-0.05, 0) is 18.3 Å². The van der Waals surface area contributed by atoms with Gasteiger partial charge < -0.3 is 9.53 Å². The summed E-state index contributed by atoms with van der Waals surface area (Å²) in [6.45, 7) is 0. The SMILES string of the molecule is COC(=O)C1C(C=O)C12CCCC2. The second-order valence-corrected chi connectivity index (χ2v) is 4.10. The number of aldehydes is 1. The topological polar surface area (TPSA) is 43.4 Å². The first-order chi connectivity index (χ1) is 6.26. The van der Waals surface area contributed by atoms with Gasteiger partial charge in [-0.15, -0.1) is 0 Å². The molecular formula is C10H14O3. The molecule has 13 heavy (non-hydrogen) atoms. The van der Waals surface area contributed by atoms with Gasteiger partial charge in [0.15, 0.2) is 0 Å². The monoisotopic (exact) mass is 182 g/mol. The zero-order valence-corrected chi connectivity index (χ0v) is 7.79. The van der Waals surface area contributed by atoms with E-state index in [1.165, 1.54) is 7.11 Å². The van der Waals surface area contributed by atoms with Crippen LogP contribution in [0.4, 0.5) is 0 Å². The number of rotatable bonds is 2. The summed E-state index contributed by atoms with van der Waals surface area (Å²) in [6, 6.07) is 0. The minimum absolute atomic E-state index is 0.00877. The Hall–Kier alpha value is -0.860. The standard InChI is InChI=1S/C10H14O3/c1-13-9(12)8-7(6-11)10(8)4-2-3-5-10/h6-8H,2-5H2,1H3. The van der Waals surface area contributed by atoms with E-state index in [9.17, 15) is 9.59 Å². The largest absolute Gasteiger partial charge is 0.469 e. The van der Waals surface area contributed by atoms with Crippen LogP contribution in [-0.4, -0.2) is 19.4 Å². The van der Waals surface area contributed by atoms with Crippen LogP contribution in [0.25, 0.3) is 0 Å². The third kappa shape index (κ3) is 1.02. The molecule has 2 saturated carbocycles.